The quantitative estimate of drug-likeness (QED) is 0.895. The Kier molecular flexibility index (Phi) is 5.43. The monoisotopic (exact) mass is 332 g/mol. The minimum atomic E-state index is -3.41. The maximum absolute atomic E-state index is 12.8. The molecule has 1 aliphatic rings. The molecule has 0 radical (unpaired) electrons. The highest BCUT2D eigenvalue weighted by atomic mass is 32.2. The van der Waals surface area contributed by atoms with E-state index in [-0.39, 0.29) is 6.10 Å². The predicted octanol–water partition coefficient (Wildman–Crippen LogP) is 1.96. The fourth-order valence-electron chi connectivity index (χ4n) is 2.32. The zero-order valence-electron chi connectivity index (χ0n) is 13.0. The normalized spacial score (nSPS) is 21.1. The molecule has 1 N–H and O–H groups in total. The number of ether oxygens (including phenoxy) is 1. The molecule has 1 atom stereocenters. The van der Waals surface area contributed by atoms with E-state index in [1.165, 1.54) is 4.31 Å². The summed E-state index contributed by atoms with van der Waals surface area (Å²) < 4.78 is 32.5. The van der Waals surface area contributed by atoms with Gasteiger partial charge in [-0.2, -0.15) is 4.31 Å². The van der Waals surface area contributed by atoms with Crippen LogP contribution in [0, 0.1) is 6.92 Å². The average Bonchev–Trinajstić information content (AvgIpc) is 2.78. The molecule has 0 saturated carbocycles. The average molecular weight is 332 g/mol. The maximum atomic E-state index is 12.8. The van der Waals surface area contributed by atoms with Gasteiger partial charge in [0, 0.05) is 35.4 Å². The van der Waals surface area contributed by atoms with Crippen molar-refractivity contribution in [3.8, 4) is 0 Å². The van der Waals surface area contributed by atoms with Gasteiger partial charge in [-0.3, -0.25) is 0 Å². The highest BCUT2D eigenvalue weighted by molar-refractivity contribution is 7.89. The summed E-state index contributed by atoms with van der Waals surface area (Å²) >= 11 is 1.55. The molecule has 1 aromatic rings. The fourth-order valence-corrected chi connectivity index (χ4v) is 5.37. The topological polar surface area (TPSA) is 58.6 Å². The number of nitrogens with zero attached hydrogens (tertiary/aromatic N) is 1. The molecule has 21 heavy (non-hydrogen) atoms. The molecule has 0 bridgehead atoms. The second kappa shape index (κ2) is 6.75. The molecule has 2 heterocycles. The first-order valence-corrected chi connectivity index (χ1v) is 9.51. The Bertz CT molecular complexity index is 581. The number of rotatable bonds is 5. The molecule has 5 nitrogen and oxygen atoms in total. The number of hydrogen-bond donors (Lipinski definition) is 1. The van der Waals surface area contributed by atoms with Crippen LogP contribution in [0.1, 0.15) is 30.5 Å². The number of nitrogens with one attached hydrogen (secondary N) is 1. The van der Waals surface area contributed by atoms with Gasteiger partial charge >= 0.3 is 0 Å². The van der Waals surface area contributed by atoms with Gasteiger partial charge in [0.1, 0.15) is 0 Å². The molecule has 7 heteroatoms. The summed E-state index contributed by atoms with van der Waals surface area (Å²) in [6.45, 7) is 9.96. The first kappa shape index (κ1) is 16.9. The number of hydrogen-bond acceptors (Lipinski definition) is 5. The third kappa shape index (κ3) is 4.04. The van der Waals surface area contributed by atoms with Gasteiger partial charge in [-0.25, -0.2) is 8.42 Å². The van der Waals surface area contributed by atoms with Crippen molar-refractivity contribution in [2.75, 3.05) is 19.7 Å². The van der Waals surface area contributed by atoms with Crippen molar-refractivity contribution in [3.05, 3.63) is 15.8 Å². The van der Waals surface area contributed by atoms with Crippen LogP contribution >= 0.6 is 11.3 Å². The van der Waals surface area contributed by atoms with Crippen LogP contribution in [-0.4, -0.2) is 44.6 Å². The number of aryl methyl sites for hydroxylation is 1. The number of thiophene rings is 1. The smallest absolute Gasteiger partial charge is 0.244 e. The van der Waals surface area contributed by atoms with Crippen LogP contribution in [0.3, 0.4) is 0 Å². The van der Waals surface area contributed by atoms with E-state index in [0.717, 1.165) is 9.75 Å². The van der Waals surface area contributed by atoms with Gasteiger partial charge < -0.3 is 10.1 Å². The largest absolute Gasteiger partial charge is 0.376 e. The van der Waals surface area contributed by atoms with Crippen LogP contribution < -0.4 is 5.32 Å². The Morgan fingerprint density at radius 2 is 2.24 bits per heavy atom. The van der Waals surface area contributed by atoms with Crippen LogP contribution in [0.2, 0.25) is 0 Å². The van der Waals surface area contributed by atoms with Gasteiger partial charge in [0.2, 0.25) is 10.0 Å². The van der Waals surface area contributed by atoms with Crippen LogP contribution in [0.5, 0.6) is 0 Å². The zero-order chi connectivity index (χ0) is 15.6. The lowest BCUT2D eigenvalue weighted by molar-refractivity contribution is 0.0102. The predicted molar refractivity (Wildman–Crippen MR) is 85.2 cm³/mol. The molecule has 2 rings (SSSR count). The number of morpholine rings is 1. The van der Waals surface area contributed by atoms with E-state index < -0.39 is 10.0 Å². The van der Waals surface area contributed by atoms with Crippen molar-refractivity contribution in [1.82, 2.24) is 9.62 Å². The molecule has 1 unspecified atom stereocenters. The van der Waals surface area contributed by atoms with Crippen LogP contribution in [0.25, 0.3) is 0 Å². The molecule has 1 aliphatic heterocycles. The van der Waals surface area contributed by atoms with E-state index in [1.54, 1.807) is 11.3 Å². The van der Waals surface area contributed by atoms with Crippen LogP contribution in [0.4, 0.5) is 0 Å². The van der Waals surface area contributed by atoms with Crippen molar-refractivity contribution >= 4 is 21.4 Å². The van der Waals surface area contributed by atoms with Gasteiger partial charge in [0.15, 0.2) is 0 Å². The van der Waals surface area contributed by atoms with E-state index in [2.05, 4.69) is 19.2 Å². The molecule has 0 spiro atoms. The molecular weight excluding hydrogens is 308 g/mol. The summed E-state index contributed by atoms with van der Waals surface area (Å²) in [6.07, 6.45) is -0.0467. The van der Waals surface area contributed by atoms with Gasteiger partial charge in [-0.15, -0.1) is 11.3 Å². The Morgan fingerprint density at radius 1 is 1.52 bits per heavy atom. The van der Waals surface area contributed by atoms with Crippen LogP contribution in [-0.2, 0) is 21.3 Å². The summed E-state index contributed by atoms with van der Waals surface area (Å²) in [6, 6.07) is 2.19. The third-order valence-corrected chi connectivity index (χ3v) is 6.60. The SMILES string of the molecule is Cc1sc(CNC(C)C)cc1S(=O)(=O)N1CCOC(C)C1. The van der Waals surface area contributed by atoms with Gasteiger partial charge in [-0.1, -0.05) is 13.8 Å². The molecule has 1 aromatic heterocycles. The summed E-state index contributed by atoms with van der Waals surface area (Å²) in [5, 5.41) is 3.32. The van der Waals surface area contributed by atoms with E-state index in [4.69, 9.17) is 4.74 Å². The first-order valence-electron chi connectivity index (χ1n) is 7.25. The van der Waals surface area contributed by atoms with Crippen molar-refractivity contribution in [2.24, 2.45) is 0 Å². The summed E-state index contributed by atoms with van der Waals surface area (Å²) in [7, 11) is -3.41. The first-order chi connectivity index (χ1) is 9.80. The molecular formula is C14H24N2O3S2. The highest BCUT2D eigenvalue weighted by Gasteiger charge is 2.31. The molecule has 1 saturated heterocycles. The Morgan fingerprint density at radius 3 is 2.86 bits per heavy atom. The Balaban J connectivity index is 2.19. The van der Waals surface area contributed by atoms with E-state index in [9.17, 15) is 8.42 Å². The molecule has 1 fully saturated rings. The van der Waals surface area contributed by atoms with Gasteiger partial charge in [0.25, 0.3) is 0 Å². The molecule has 0 amide bonds. The highest BCUT2D eigenvalue weighted by Crippen LogP contribution is 2.29. The van der Waals surface area contributed by atoms with Crippen LogP contribution in [0.15, 0.2) is 11.0 Å². The minimum absolute atomic E-state index is 0.0467. The third-order valence-electron chi connectivity index (χ3n) is 3.43. The molecule has 0 aromatic carbocycles. The summed E-state index contributed by atoms with van der Waals surface area (Å²) in [4.78, 5) is 2.36. The van der Waals surface area contributed by atoms with Gasteiger partial charge in [0.05, 0.1) is 17.6 Å². The fraction of sp³-hybridized carbons (Fsp3) is 0.714. The minimum Gasteiger partial charge on any atom is -0.376 e. The van der Waals surface area contributed by atoms with Crippen molar-refractivity contribution in [2.45, 2.75) is 51.3 Å². The van der Waals surface area contributed by atoms with E-state index >= 15 is 0 Å². The zero-order valence-corrected chi connectivity index (χ0v) is 14.7. The van der Waals surface area contributed by atoms with Crippen molar-refractivity contribution in [1.29, 1.82) is 0 Å². The summed E-state index contributed by atoms with van der Waals surface area (Å²) in [5.74, 6) is 0. The lowest BCUT2D eigenvalue weighted by atomic mass is 10.3. The maximum Gasteiger partial charge on any atom is 0.244 e. The standard InChI is InChI=1S/C14H24N2O3S2/c1-10(2)15-8-13-7-14(12(4)20-13)21(17,18)16-5-6-19-11(3)9-16/h7,10-11,15H,5-6,8-9H2,1-4H3. The second-order valence-electron chi connectivity index (χ2n) is 5.71. The second-order valence-corrected chi connectivity index (χ2v) is 8.96. The summed E-state index contributed by atoms with van der Waals surface area (Å²) in [5.41, 5.74) is 0. The van der Waals surface area contributed by atoms with E-state index in [1.807, 2.05) is 19.9 Å². The Hall–Kier alpha value is -0.470. The van der Waals surface area contributed by atoms with Gasteiger partial charge in [-0.05, 0) is 19.9 Å². The molecule has 0 aliphatic carbocycles. The van der Waals surface area contributed by atoms with Crippen molar-refractivity contribution in [3.63, 3.8) is 0 Å². The van der Waals surface area contributed by atoms with E-state index in [0.29, 0.717) is 37.2 Å². The number of sulfonamides is 1. The van der Waals surface area contributed by atoms with Crippen molar-refractivity contribution < 1.29 is 13.2 Å². The lowest BCUT2D eigenvalue weighted by Gasteiger charge is -2.30. The Labute approximate surface area is 131 Å². The lowest BCUT2D eigenvalue weighted by Crippen LogP contribution is -2.44. The molecule has 120 valence electrons.